The Morgan fingerprint density at radius 3 is 2.60 bits per heavy atom. The summed E-state index contributed by atoms with van der Waals surface area (Å²) < 4.78 is 5.41. The lowest BCUT2D eigenvalue weighted by Gasteiger charge is -2.03. The maximum absolute atomic E-state index is 11.3. The first-order valence-corrected chi connectivity index (χ1v) is 6.88. The van der Waals surface area contributed by atoms with Crippen molar-refractivity contribution in [2.45, 2.75) is 25.7 Å². The number of aromatic carboxylic acids is 1. The van der Waals surface area contributed by atoms with Gasteiger partial charge in [-0.3, -0.25) is 0 Å². The number of carboxylic acid groups (broad SMARTS) is 1. The van der Waals surface area contributed by atoms with Crippen molar-refractivity contribution in [2.75, 3.05) is 6.61 Å². The number of carbonyl (C=O) groups is 1. The number of hydrogen-bond acceptors (Lipinski definition) is 2. The van der Waals surface area contributed by atoms with Gasteiger partial charge < -0.3 is 14.8 Å². The Balaban J connectivity index is 1.93. The Bertz CT molecular complexity index is 624. The molecule has 2 aromatic rings. The third kappa shape index (κ3) is 2.41. The molecular formula is C16H17NO3. The van der Waals surface area contributed by atoms with Gasteiger partial charge in [-0.25, -0.2) is 4.79 Å². The van der Waals surface area contributed by atoms with Crippen LogP contribution in [-0.4, -0.2) is 22.7 Å². The topological polar surface area (TPSA) is 62.3 Å². The van der Waals surface area contributed by atoms with Gasteiger partial charge >= 0.3 is 5.97 Å². The molecule has 104 valence electrons. The zero-order valence-corrected chi connectivity index (χ0v) is 11.3. The Hall–Kier alpha value is -2.23. The number of rotatable bonds is 5. The summed E-state index contributed by atoms with van der Waals surface area (Å²) in [6.07, 6.45) is 2.15. The first kappa shape index (κ1) is 12.8. The van der Waals surface area contributed by atoms with E-state index in [0.29, 0.717) is 18.1 Å². The smallest absolute Gasteiger partial charge is 0.337 e. The number of carboxylic acids is 1. The van der Waals surface area contributed by atoms with E-state index in [-0.39, 0.29) is 0 Å². The van der Waals surface area contributed by atoms with Gasteiger partial charge in [-0.1, -0.05) is 0 Å². The maximum Gasteiger partial charge on any atom is 0.337 e. The molecule has 1 aliphatic carbocycles. The quantitative estimate of drug-likeness (QED) is 0.872. The van der Waals surface area contributed by atoms with Crippen LogP contribution in [0.25, 0.3) is 11.3 Å². The molecule has 1 aliphatic rings. The summed E-state index contributed by atoms with van der Waals surface area (Å²) in [4.78, 5) is 14.6. The predicted molar refractivity (Wildman–Crippen MR) is 76.3 cm³/mol. The second-order valence-electron chi connectivity index (χ2n) is 5.05. The molecule has 2 N–H and O–H groups in total. The third-order valence-electron chi connectivity index (χ3n) is 3.54. The largest absolute Gasteiger partial charge is 0.494 e. The summed E-state index contributed by atoms with van der Waals surface area (Å²) in [5.74, 6) is 0.349. The summed E-state index contributed by atoms with van der Waals surface area (Å²) in [7, 11) is 0. The van der Waals surface area contributed by atoms with Crippen LogP contribution < -0.4 is 4.74 Å². The van der Waals surface area contributed by atoms with Crippen molar-refractivity contribution < 1.29 is 14.6 Å². The van der Waals surface area contributed by atoms with Crippen LogP contribution in [-0.2, 0) is 0 Å². The van der Waals surface area contributed by atoms with Crippen LogP contribution in [0.5, 0.6) is 5.75 Å². The molecule has 0 amide bonds. The highest BCUT2D eigenvalue weighted by atomic mass is 16.5. The van der Waals surface area contributed by atoms with Gasteiger partial charge in [-0.15, -0.1) is 0 Å². The number of aromatic amines is 1. The average Bonchev–Trinajstić information content (AvgIpc) is 3.19. The summed E-state index contributed by atoms with van der Waals surface area (Å²) in [6.45, 7) is 2.58. The van der Waals surface area contributed by atoms with Crippen LogP contribution in [0.2, 0.25) is 0 Å². The van der Waals surface area contributed by atoms with Crippen molar-refractivity contribution in [2.24, 2.45) is 0 Å². The van der Waals surface area contributed by atoms with E-state index in [4.69, 9.17) is 4.74 Å². The van der Waals surface area contributed by atoms with Crippen molar-refractivity contribution in [1.29, 1.82) is 0 Å². The number of benzene rings is 1. The highest BCUT2D eigenvalue weighted by molar-refractivity contribution is 5.91. The molecule has 0 aliphatic heterocycles. The van der Waals surface area contributed by atoms with Gasteiger partial charge in [0.2, 0.25) is 0 Å². The fraction of sp³-hybridized carbons (Fsp3) is 0.312. The Kier molecular flexibility index (Phi) is 3.22. The molecule has 4 nitrogen and oxygen atoms in total. The van der Waals surface area contributed by atoms with Crippen molar-refractivity contribution in [3.63, 3.8) is 0 Å². The molecule has 20 heavy (non-hydrogen) atoms. The monoisotopic (exact) mass is 271 g/mol. The van der Waals surface area contributed by atoms with Gasteiger partial charge in [-0.2, -0.15) is 0 Å². The lowest BCUT2D eigenvalue weighted by Crippen LogP contribution is -1.98. The Labute approximate surface area is 117 Å². The molecule has 0 atom stereocenters. The van der Waals surface area contributed by atoms with Crippen molar-refractivity contribution in [1.82, 2.24) is 4.98 Å². The van der Waals surface area contributed by atoms with Gasteiger partial charge in [-0.05, 0) is 61.6 Å². The summed E-state index contributed by atoms with van der Waals surface area (Å²) in [5.41, 5.74) is 3.09. The number of ether oxygens (including phenoxy) is 1. The number of H-pyrrole nitrogens is 1. The van der Waals surface area contributed by atoms with E-state index >= 15 is 0 Å². The summed E-state index contributed by atoms with van der Waals surface area (Å²) in [5, 5.41) is 9.28. The molecule has 0 radical (unpaired) electrons. The molecule has 0 bridgehead atoms. The number of hydrogen-bond donors (Lipinski definition) is 2. The van der Waals surface area contributed by atoms with Crippen LogP contribution in [0, 0.1) is 0 Å². The first-order valence-electron chi connectivity index (χ1n) is 6.88. The minimum absolute atomic E-state index is 0.387. The first-order chi connectivity index (χ1) is 9.69. The van der Waals surface area contributed by atoms with Crippen molar-refractivity contribution >= 4 is 5.97 Å². The molecule has 1 fully saturated rings. The van der Waals surface area contributed by atoms with E-state index in [0.717, 1.165) is 35.5 Å². The molecule has 1 aromatic heterocycles. The number of aromatic nitrogens is 1. The molecule has 0 saturated heterocycles. The Morgan fingerprint density at radius 1 is 1.35 bits per heavy atom. The van der Waals surface area contributed by atoms with Gasteiger partial charge in [0.05, 0.1) is 12.2 Å². The van der Waals surface area contributed by atoms with E-state index in [1.54, 1.807) is 6.07 Å². The van der Waals surface area contributed by atoms with Crippen LogP contribution in [0.15, 0.2) is 30.3 Å². The highest BCUT2D eigenvalue weighted by Crippen LogP contribution is 2.42. The third-order valence-corrected chi connectivity index (χ3v) is 3.54. The van der Waals surface area contributed by atoms with E-state index in [1.165, 1.54) is 0 Å². The minimum Gasteiger partial charge on any atom is -0.494 e. The van der Waals surface area contributed by atoms with Crippen LogP contribution in [0.3, 0.4) is 0 Å². The van der Waals surface area contributed by atoms with Crippen molar-refractivity contribution in [3.8, 4) is 17.0 Å². The van der Waals surface area contributed by atoms with Gasteiger partial charge in [0.1, 0.15) is 5.75 Å². The van der Waals surface area contributed by atoms with E-state index in [2.05, 4.69) is 4.98 Å². The second kappa shape index (κ2) is 5.04. The predicted octanol–water partition coefficient (Wildman–Crippen LogP) is 3.66. The van der Waals surface area contributed by atoms with E-state index in [9.17, 15) is 9.90 Å². The van der Waals surface area contributed by atoms with Crippen LogP contribution in [0.1, 0.15) is 41.7 Å². The highest BCUT2D eigenvalue weighted by Gasteiger charge is 2.30. The van der Waals surface area contributed by atoms with Crippen LogP contribution in [0.4, 0.5) is 0 Å². The van der Waals surface area contributed by atoms with E-state index < -0.39 is 5.97 Å². The molecule has 1 aromatic carbocycles. The second-order valence-corrected chi connectivity index (χ2v) is 5.05. The minimum atomic E-state index is -0.861. The van der Waals surface area contributed by atoms with Gasteiger partial charge in [0, 0.05) is 11.4 Å². The number of nitrogens with one attached hydrogen (secondary N) is 1. The van der Waals surface area contributed by atoms with E-state index in [1.807, 2.05) is 31.2 Å². The molecule has 4 heteroatoms. The summed E-state index contributed by atoms with van der Waals surface area (Å²) >= 11 is 0. The fourth-order valence-corrected chi connectivity index (χ4v) is 2.39. The standard InChI is InChI=1S/C16H17NO3/c1-2-20-12-7-5-10(6-8-12)14-9-13(16(18)19)15(17-14)11-3-4-11/h5-9,11,17H,2-4H2,1H3,(H,18,19). The van der Waals surface area contributed by atoms with Crippen molar-refractivity contribution in [3.05, 3.63) is 41.6 Å². The molecule has 0 spiro atoms. The van der Waals surface area contributed by atoms with Crippen LogP contribution >= 0.6 is 0 Å². The molecular weight excluding hydrogens is 254 g/mol. The molecule has 1 saturated carbocycles. The lowest BCUT2D eigenvalue weighted by atomic mass is 10.1. The molecule has 0 unspecified atom stereocenters. The fourth-order valence-electron chi connectivity index (χ4n) is 2.39. The molecule has 3 rings (SSSR count). The zero-order chi connectivity index (χ0) is 14.1. The van der Waals surface area contributed by atoms with Gasteiger partial charge in [0.15, 0.2) is 0 Å². The maximum atomic E-state index is 11.3. The molecule has 1 heterocycles. The summed E-state index contributed by atoms with van der Waals surface area (Å²) in [6, 6.07) is 9.41. The average molecular weight is 271 g/mol. The zero-order valence-electron chi connectivity index (χ0n) is 11.3. The normalized spacial score (nSPS) is 14.2. The SMILES string of the molecule is CCOc1ccc(-c2cc(C(=O)O)c(C3CC3)[nH]2)cc1. The van der Waals surface area contributed by atoms with Gasteiger partial charge in [0.25, 0.3) is 0 Å². The Morgan fingerprint density at radius 2 is 2.05 bits per heavy atom. The lowest BCUT2D eigenvalue weighted by molar-refractivity contribution is 0.0696.